The molecule has 0 radical (unpaired) electrons. The number of benzene rings is 2. The summed E-state index contributed by atoms with van der Waals surface area (Å²) < 4.78 is 44.4. The SMILES string of the molecule is COc1cc(C(c2ccc(F)cc2F)N2CCNCC2)cc(OC)c1OC. The van der Waals surface area contributed by atoms with Gasteiger partial charge in [0.25, 0.3) is 0 Å². The summed E-state index contributed by atoms with van der Waals surface area (Å²) in [6.07, 6.45) is 0. The third-order valence-corrected chi connectivity index (χ3v) is 4.78. The quantitative estimate of drug-likeness (QED) is 0.837. The van der Waals surface area contributed by atoms with Crippen molar-refractivity contribution in [2.24, 2.45) is 0 Å². The van der Waals surface area contributed by atoms with Crippen LogP contribution >= 0.6 is 0 Å². The summed E-state index contributed by atoms with van der Waals surface area (Å²) in [7, 11) is 4.62. The molecule has 2 aromatic carbocycles. The van der Waals surface area contributed by atoms with Crippen LogP contribution in [0.2, 0.25) is 0 Å². The van der Waals surface area contributed by atoms with Crippen LogP contribution in [-0.4, -0.2) is 52.4 Å². The topological polar surface area (TPSA) is 43.0 Å². The number of rotatable bonds is 6. The predicted molar refractivity (Wildman–Crippen MR) is 98.7 cm³/mol. The van der Waals surface area contributed by atoms with Gasteiger partial charge in [-0.1, -0.05) is 6.07 Å². The van der Waals surface area contributed by atoms with E-state index in [4.69, 9.17) is 14.2 Å². The summed E-state index contributed by atoms with van der Waals surface area (Å²) in [5, 5.41) is 3.29. The fourth-order valence-electron chi connectivity index (χ4n) is 3.51. The summed E-state index contributed by atoms with van der Waals surface area (Å²) in [4.78, 5) is 2.16. The van der Waals surface area contributed by atoms with Crippen LogP contribution in [0.1, 0.15) is 17.2 Å². The number of piperazine rings is 1. The van der Waals surface area contributed by atoms with Crippen molar-refractivity contribution in [2.75, 3.05) is 47.5 Å². The Morgan fingerprint density at radius 3 is 2.07 bits per heavy atom. The van der Waals surface area contributed by atoms with Gasteiger partial charge >= 0.3 is 0 Å². The third kappa shape index (κ3) is 3.99. The smallest absolute Gasteiger partial charge is 0.203 e. The summed E-state index contributed by atoms with van der Waals surface area (Å²) in [6, 6.07) is 6.93. The van der Waals surface area contributed by atoms with Gasteiger partial charge in [0.05, 0.1) is 27.4 Å². The lowest BCUT2D eigenvalue weighted by atomic mass is 9.95. The lowest BCUT2D eigenvalue weighted by Crippen LogP contribution is -2.45. The Bertz CT molecular complexity index is 770. The molecule has 1 atom stereocenters. The minimum Gasteiger partial charge on any atom is -0.493 e. The molecule has 1 fully saturated rings. The summed E-state index contributed by atoms with van der Waals surface area (Å²) in [5.41, 5.74) is 1.20. The highest BCUT2D eigenvalue weighted by Crippen LogP contribution is 2.42. The van der Waals surface area contributed by atoms with E-state index >= 15 is 0 Å². The largest absolute Gasteiger partial charge is 0.493 e. The van der Waals surface area contributed by atoms with Crippen LogP contribution in [0.5, 0.6) is 17.2 Å². The van der Waals surface area contributed by atoms with Crippen molar-refractivity contribution in [2.45, 2.75) is 6.04 Å². The van der Waals surface area contributed by atoms with Gasteiger partial charge in [0.2, 0.25) is 5.75 Å². The van der Waals surface area contributed by atoms with Crippen molar-refractivity contribution in [1.29, 1.82) is 0 Å². The van der Waals surface area contributed by atoms with Gasteiger partial charge in [-0.15, -0.1) is 0 Å². The Morgan fingerprint density at radius 2 is 1.56 bits per heavy atom. The zero-order valence-corrected chi connectivity index (χ0v) is 15.7. The van der Waals surface area contributed by atoms with Crippen molar-refractivity contribution in [3.63, 3.8) is 0 Å². The molecule has 1 aliphatic heterocycles. The molecule has 0 amide bonds. The van der Waals surface area contributed by atoms with Gasteiger partial charge in [-0.3, -0.25) is 4.90 Å². The minimum atomic E-state index is -0.597. The van der Waals surface area contributed by atoms with E-state index in [1.165, 1.54) is 19.2 Å². The Morgan fingerprint density at radius 1 is 0.926 bits per heavy atom. The van der Waals surface area contributed by atoms with Crippen LogP contribution in [0.3, 0.4) is 0 Å². The second kappa shape index (κ2) is 8.54. The van der Waals surface area contributed by atoms with Crippen LogP contribution in [0.4, 0.5) is 8.78 Å². The molecule has 0 saturated carbocycles. The van der Waals surface area contributed by atoms with Crippen molar-refractivity contribution in [3.05, 3.63) is 53.1 Å². The molecule has 0 aliphatic carbocycles. The average molecular weight is 378 g/mol. The molecule has 1 unspecified atom stereocenters. The number of nitrogens with one attached hydrogen (secondary N) is 1. The summed E-state index contributed by atoms with van der Waals surface area (Å²) in [6.45, 7) is 3.06. The van der Waals surface area contributed by atoms with Crippen LogP contribution in [0.15, 0.2) is 30.3 Å². The van der Waals surface area contributed by atoms with E-state index in [-0.39, 0.29) is 0 Å². The van der Waals surface area contributed by atoms with Crippen molar-refractivity contribution >= 4 is 0 Å². The highest BCUT2D eigenvalue weighted by Gasteiger charge is 2.28. The molecule has 5 nitrogen and oxygen atoms in total. The van der Waals surface area contributed by atoms with Crippen molar-refractivity contribution in [3.8, 4) is 17.2 Å². The maximum absolute atomic E-state index is 14.7. The molecule has 146 valence electrons. The first-order valence-corrected chi connectivity index (χ1v) is 8.78. The first kappa shape index (κ1) is 19.4. The molecule has 0 bridgehead atoms. The lowest BCUT2D eigenvalue weighted by molar-refractivity contribution is 0.194. The first-order chi connectivity index (χ1) is 13.1. The van der Waals surface area contributed by atoms with Gasteiger partial charge in [-0.05, 0) is 23.8 Å². The third-order valence-electron chi connectivity index (χ3n) is 4.78. The summed E-state index contributed by atoms with van der Waals surface area (Å²) in [5.74, 6) is 0.291. The van der Waals surface area contributed by atoms with Crippen LogP contribution in [0, 0.1) is 11.6 Å². The van der Waals surface area contributed by atoms with E-state index in [1.54, 1.807) is 14.2 Å². The van der Waals surface area contributed by atoms with Crippen LogP contribution in [-0.2, 0) is 0 Å². The second-order valence-electron chi connectivity index (χ2n) is 6.31. The van der Waals surface area contributed by atoms with Crippen molar-refractivity contribution < 1.29 is 23.0 Å². The Hall–Kier alpha value is -2.38. The van der Waals surface area contributed by atoms with Gasteiger partial charge in [0, 0.05) is 37.8 Å². The molecule has 27 heavy (non-hydrogen) atoms. The maximum Gasteiger partial charge on any atom is 0.203 e. The molecule has 1 heterocycles. The predicted octanol–water partition coefficient (Wildman–Crippen LogP) is 2.99. The monoisotopic (exact) mass is 378 g/mol. The number of methoxy groups -OCH3 is 3. The molecule has 1 N–H and O–H groups in total. The number of nitrogens with zero attached hydrogens (tertiary/aromatic N) is 1. The highest BCUT2D eigenvalue weighted by atomic mass is 19.1. The number of halogens is 2. The van der Waals surface area contributed by atoms with Gasteiger partial charge in [0.15, 0.2) is 11.5 Å². The Labute approximate surface area is 157 Å². The highest BCUT2D eigenvalue weighted by molar-refractivity contribution is 5.55. The van der Waals surface area contributed by atoms with E-state index in [2.05, 4.69) is 10.2 Å². The fraction of sp³-hybridized carbons (Fsp3) is 0.400. The average Bonchev–Trinajstić information content (AvgIpc) is 2.69. The number of ether oxygens (including phenoxy) is 3. The van der Waals surface area contributed by atoms with Crippen molar-refractivity contribution in [1.82, 2.24) is 10.2 Å². The van der Waals surface area contributed by atoms with Gasteiger partial charge in [-0.25, -0.2) is 8.78 Å². The van der Waals surface area contributed by atoms with Gasteiger partial charge in [0.1, 0.15) is 11.6 Å². The molecule has 0 spiro atoms. The van der Waals surface area contributed by atoms with E-state index in [0.29, 0.717) is 22.8 Å². The number of hydrogen-bond acceptors (Lipinski definition) is 5. The molecule has 1 saturated heterocycles. The molecule has 1 aliphatic rings. The minimum absolute atomic E-state index is 0.401. The fourth-order valence-corrected chi connectivity index (χ4v) is 3.51. The van der Waals surface area contributed by atoms with E-state index in [1.807, 2.05) is 12.1 Å². The van der Waals surface area contributed by atoms with Gasteiger partial charge in [-0.2, -0.15) is 0 Å². The Balaban J connectivity index is 2.15. The van der Waals surface area contributed by atoms with E-state index in [0.717, 1.165) is 37.8 Å². The zero-order chi connectivity index (χ0) is 19.4. The van der Waals surface area contributed by atoms with E-state index < -0.39 is 17.7 Å². The Kier molecular flexibility index (Phi) is 6.13. The van der Waals surface area contributed by atoms with Crippen LogP contribution < -0.4 is 19.5 Å². The van der Waals surface area contributed by atoms with Crippen LogP contribution in [0.25, 0.3) is 0 Å². The number of hydrogen-bond donors (Lipinski definition) is 1. The molecule has 2 aromatic rings. The lowest BCUT2D eigenvalue weighted by Gasteiger charge is -2.36. The zero-order valence-electron chi connectivity index (χ0n) is 15.7. The second-order valence-corrected chi connectivity index (χ2v) is 6.31. The van der Waals surface area contributed by atoms with Gasteiger partial charge < -0.3 is 19.5 Å². The van der Waals surface area contributed by atoms with E-state index in [9.17, 15) is 8.78 Å². The molecular weight excluding hydrogens is 354 g/mol. The standard InChI is InChI=1S/C20H24F2N2O3/c1-25-17-10-13(11-18(26-2)20(17)27-3)19(24-8-6-23-7-9-24)15-5-4-14(21)12-16(15)22/h4-5,10-12,19,23H,6-9H2,1-3H3. The molecule has 3 rings (SSSR count). The maximum atomic E-state index is 14.7. The molecular formula is C20H24F2N2O3. The summed E-state index contributed by atoms with van der Waals surface area (Å²) >= 11 is 0. The molecule has 7 heteroatoms. The normalized spacial score (nSPS) is 16.0. The first-order valence-electron chi connectivity index (χ1n) is 8.78. The molecule has 0 aromatic heterocycles.